The minimum absolute atomic E-state index is 0.137. The Morgan fingerprint density at radius 2 is 1.97 bits per heavy atom. The molecule has 35 heavy (non-hydrogen) atoms. The number of Topliss-reactive ketones (excluding diaryl/α,β-unsaturated/α-hetero) is 1. The quantitative estimate of drug-likeness (QED) is 0.636. The molecular formula is C29H34N2O4. The van der Waals surface area contributed by atoms with Gasteiger partial charge in [0.1, 0.15) is 18.0 Å². The number of alkyl carbamates (subject to hydrolysis) is 1. The summed E-state index contributed by atoms with van der Waals surface area (Å²) in [6, 6.07) is 14.5. The third-order valence-corrected chi connectivity index (χ3v) is 6.87. The number of piperidine rings is 1. The number of nitrogens with zero attached hydrogens (tertiary/aromatic N) is 1. The summed E-state index contributed by atoms with van der Waals surface area (Å²) < 4.78 is 11.4. The van der Waals surface area contributed by atoms with E-state index in [4.69, 9.17) is 9.47 Å². The number of hydrogen-bond acceptors (Lipinski definition) is 5. The molecule has 0 bridgehead atoms. The number of benzene rings is 2. The van der Waals surface area contributed by atoms with Crippen molar-refractivity contribution in [2.45, 2.75) is 58.8 Å². The number of fused-ring (bicyclic) bond motifs is 2. The second kappa shape index (κ2) is 9.50. The van der Waals surface area contributed by atoms with E-state index >= 15 is 0 Å². The summed E-state index contributed by atoms with van der Waals surface area (Å²) in [5.41, 5.74) is 5.75. The Kier molecular flexibility index (Phi) is 6.41. The van der Waals surface area contributed by atoms with Crippen molar-refractivity contribution in [1.29, 1.82) is 0 Å². The fourth-order valence-electron chi connectivity index (χ4n) is 5.36. The topological polar surface area (TPSA) is 67.9 Å². The van der Waals surface area contributed by atoms with Crippen molar-refractivity contribution in [2.24, 2.45) is 5.92 Å². The van der Waals surface area contributed by atoms with Gasteiger partial charge in [-0.3, -0.25) is 9.69 Å². The average molecular weight is 475 g/mol. The Labute approximate surface area is 207 Å². The Morgan fingerprint density at radius 1 is 1.14 bits per heavy atom. The standard InChI is InChI=1S/C29H34N2O4/c1-29(2,3)35-28(33)30-15-20-7-6-12-31(17-20)16-19-10-11-24-22(13-19)18-34-27(24)26-23-9-5-4-8-21(23)14-25(26)32/h4-5,8-11,13,20H,6-7,12,14-18H2,1-3H3,(H,30,33)/b27-26+. The highest BCUT2D eigenvalue weighted by molar-refractivity contribution is 6.31. The zero-order valence-electron chi connectivity index (χ0n) is 20.9. The Hall–Kier alpha value is -3.12. The molecule has 1 fully saturated rings. The molecule has 184 valence electrons. The molecule has 2 heterocycles. The van der Waals surface area contributed by atoms with E-state index in [2.05, 4.69) is 28.4 Å². The maximum atomic E-state index is 12.8. The van der Waals surface area contributed by atoms with Gasteiger partial charge in [-0.15, -0.1) is 0 Å². The second-order valence-electron chi connectivity index (χ2n) is 10.9. The largest absolute Gasteiger partial charge is 0.487 e. The van der Waals surface area contributed by atoms with Gasteiger partial charge < -0.3 is 14.8 Å². The molecule has 6 heteroatoms. The van der Waals surface area contributed by atoms with Crippen LogP contribution in [0.15, 0.2) is 42.5 Å². The molecule has 0 radical (unpaired) electrons. The fraction of sp³-hybridized carbons (Fsp3) is 0.448. The van der Waals surface area contributed by atoms with E-state index in [0.29, 0.717) is 25.5 Å². The first-order valence-electron chi connectivity index (χ1n) is 12.6. The van der Waals surface area contributed by atoms with Crippen molar-refractivity contribution in [1.82, 2.24) is 10.2 Å². The third kappa shape index (κ3) is 5.27. The van der Waals surface area contributed by atoms with Crippen LogP contribution in [0.2, 0.25) is 0 Å². The molecule has 0 saturated carbocycles. The van der Waals surface area contributed by atoms with Crippen molar-refractivity contribution >= 4 is 23.2 Å². The van der Waals surface area contributed by atoms with Crippen LogP contribution >= 0.6 is 0 Å². The third-order valence-electron chi connectivity index (χ3n) is 6.87. The highest BCUT2D eigenvalue weighted by atomic mass is 16.6. The summed E-state index contributed by atoms with van der Waals surface area (Å²) >= 11 is 0. The zero-order chi connectivity index (χ0) is 24.6. The number of amides is 1. The lowest BCUT2D eigenvalue weighted by Crippen LogP contribution is -2.41. The van der Waals surface area contributed by atoms with Crippen molar-refractivity contribution < 1.29 is 19.1 Å². The lowest BCUT2D eigenvalue weighted by molar-refractivity contribution is -0.112. The summed E-state index contributed by atoms with van der Waals surface area (Å²) in [7, 11) is 0. The summed E-state index contributed by atoms with van der Waals surface area (Å²) in [5, 5.41) is 2.93. The van der Waals surface area contributed by atoms with Gasteiger partial charge in [-0.1, -0.05) is 42.5 Å². The van der Waals surface area contributed by atoms with Crippen LogP contribution < -0.4 is 5.32 Å². The molecule has 1 atom stereocenters. The number of ether oxygens (including phenoxy) is 2. The van der Waals surface area contributed by atoms with E-state index in [-0.39, 0.29) is 11.9 Å². The highest BCUT2D eigenvalue weighted by Gasteiger charge is 2.32. The van der Waals surface area contributed by atoms with E-state index in [1.165, 1.54) is 5.56 Å². The molecule has 2 aliphatic heterocycles. The summed E-state index contributed by atoms with van der Waals surface area (Å²) in [5.74, 6) is 1.28. The van der Waals surface area contributed by atoms with Gasteiger partial charge in [0.2, 0.25) is 0 Å². The van der Waals surface area contributed by atoms with Gasteiger partial charge in [0.25, 0.3) is 0 Å². The van der Waals surface area contributed by atoms with Gasteiger partial charge in [-0.25, -0.2) is 4.79 Å². The molecule has 1 N–H and O–H groups in total. The summed E-state index contributed by atoms with van der Waals surface area (Å²) in [6.45, 7) is 9.63. The van der Waals surface area contributed by atoms with Crippen molar-refractivity contribution in [3.8, 4) is 0 Å². The molecule has 6 nitrogen and oxygen atoms in total. The van der Waals surface area contributed by atoms with Gasteiger partial charge in [0.15, 0.2) is 5.78 Å². The number of allylic oxidation sites excluding steroid dienone is 1. The molecule has 1 unspecified atom stereocenters. The van der Waals surface area contributed by atoms with E-state index in [0.717, 1.165) is 66.1 Å². The molecular weight excluding hydrogens is 440 g/mol. The number of hydrogen-bond donors (Lipinski definition) is 1. The van der Waals surface area contributed by atoms with Crippen molar-refractivity contribution in [3.05, 3.63) is 70.3 Å². The lowest BCUT2D eigenvalue weighted by atomic mass is 9.96. The molecule has 1 amide bonds. The smallest absolute Gasteiger partial charge is 0.407 e. The molecule has 2 aromatic rings. The normalized spacial score (nSPS) is 21.9. The number of nitrogens with one attached hydrogen (secondary N) is 1. The minimum atomic E-state index is -0.482. The Morgan fingerprint density at radius 3 is 2.80 bits per heavy atom. The monoisotopic (exact) mass is 474 g/mol. The van der Waals surface area contributed by atoms with Crippen LogP contribution in [0.4, 0.5) is 4.79 Å². The molecule has 0 spiro atoms. The number of ketones is 1. The predicted molar refractivity (Wildman–Crippen MR) is 135 cm³/mol. The molecule has 2 aromatic carbocycles. The van der Waals surface area contributed by atoms with E-state index in [9.17, 15) is 9.59 Å². The van der Waals surface area contributed by atoms with E-state index in [1.54, 1.807) is 0 Å². The molecule has 1 aliphatic carbocycles. The molecule has 3 aliphatic rings. The Bertz CT molecular complexity index is 1180. The number of likely N-dealkylation sites (tertiary alicyclic amines) is 1. The van der Waals surface area contributed by atoms with Gasteiger partial charge in [0, 0.05) is 37.2 Å². The highest BCUT2D eigenvalue weighted by Crippen LogP contribution is 2.41. The van der Waals surface area contributed by atoms with E-state index in [1.807, 2.05) is 45.0 Å². The van der Waals surface area contributed by atoms with Crippen LogP contribution in [0.3, 0.4) is 0 Å². The number of carbonyl (C=O) groups excluding carboxylic acids is 2. The SMILES string of the molecule is CC(C)(C)OC(=O)NCC1CCCN(Cc2ccc3c(c2)CO/C3=C2/C(=O)Cc3ccccc32)C1. The second-order valence-corrected chi connectivity index (χ2v) is 10.9. The Balaban J connectivity index is 1.24. The summed E-state index contributed by atoms with van der Waals surface area (Å²) in [6.07, 6.45) is 2.33. The lowest BCUT2D eigenvalue weighted by Gasteiger charge is -2.33. The van der Waals surface area contributed by atoms with Gasteiger partial charge in [-0.05, 0) is 62.8 Å². The van der Waals surface area contributed by atoms with Gasteiger partial charge >= 0.3 is 6.09 Å². The maximum absolute atomic E-state index is 12.8. The predicted octanol–water partition coefficient (Wildman–Crippen LogP) is 4.95. The first-order chi connectivity index (χ1) is 16.8. The van der Waals surface area contributed by atoms with Crippen LogP contribution in [0.1, 0.15) is 61.4 Å². The van der Waals surface area contributed by atoms with Gasteiger partial charge in [0.05, 0.1) is 5.57 Å². The van der Waals surface area contributed by atoms with E-state index < -0.39 is 5.60 Å². The van der Waals surface area contributed by atoms with Crippen LogP contribution in [0.5, 0.6) is 0 Å². The number of carbonyl (C=O) groups is 2. The van der Waals surface area contributed by atoms with Crippen LogP contribution in [0, 0.1) is 5.92 Å². The van der Waals surface area contributed by atoms with Crippen LogP contribution in [0.25, 0.3) is 11.3 Å². The molecule has 5 rings (SSSR count). The first kappa shape index (κ1) is 23.6. The van der Waals surface area contributed by atoms with Crippen LogP contribution in [-0.2, 0) is 33.8 Å². The average Bonchev–Trinajstić information content (AvgIpc) is 3.36. The van der Waals surface area contributed by atoms with Crippen molar-refractivity contribution in [3.63, 3.8) is 0 Å². The number of rotatable bonds is 4. The summed E-state index contributed by atoms with van der Waals surface area (Å²) in [4.78, 5) is 27.2. The maximum Gasteiger partial charge on any atom is 0.407 e. The van der Waals surface area contributed by atoms with Gasteiger partial charge in [-0.2, -0.15) is 0 Å². The van der Waals surface area contributed by atoms with Crippen molar-refractivity contribution in [2.75, 3.05) is 19.6 Å². The van der Waals surface area contributed by atoms with Crippen LogP contribution in [-0.4, -0.2) is 42.0 Å². The minimum Gasteiger partial charge on any atom is -0.487 e. The zero-order valence-corrected chi connectivity index (χ0v) is 20.9. The molecule has 0 aromatic heterocycles. The molecule has 1 saturated heterocycles. The first-order valence-corrected chi connectivity index (χ1v) is 12.6. The fourth-order valence-corrected chi connectivity index (χ4v) is 5.36.